The highest BCUT2D eigenvalue weighted by atomic mass is 16.5. The summed E-state index contributed by atoms with van der Waals surface area (Å²) in [5.74, 6) is 0.259. The highest BCUT2D eigenvalue weighted by Gasteiger charge is 2.24. The van der Waals surface area contributed by atoms with Gasteiger partial charge in [0.15, 0.2) is 0 Å². The number of esters is 1. The van der Waals surface area contributed by atoms with Gasteiger partial charge in [0.2, 0.25) is 0 Å². The molecule has 1 aromatic rings. The standard InChI is InChI=1S/C15H23NO2/c1-10(2)9-16-14(15(17)18-5)13-11(3)7-6-8-12(13)4/h6-8,10,14,16H,9H2,1-5H3. The van der Waals surface area contributed by atoms with Crippen LogP contribution in [0.5, 0.6) is 0 Å². The molecule has 1 unspecified atom stereocenters. The zero-order valence-electron chi connectivity index (χ0n) is 11.9. The van der Waals surface area contributed by atoms with Crippen LogP contribution in [-0.2, 0) is 9.53 Å². The normalized spacial score (nSPS) is 12.6. The van der Waals surface area contributed by atoms with Crippen molar-refractivity contribution in [2.75, 3.05) is 13.7 Å². The number of carbonyl (C=O) groups excluding carboxylic acids is 1. The summed E-state index contributed by atoms with van der Waals surface area (Å²) in [7, 11) is 1.43. The van der Waals surface area contributed by atoms with Crippen molar-refractivity contribution in [2.24, 2.45) is 5.92 Å². The maximum absolute atomic E-state index is 11.9. The van der Waals surface area contributed by atoms with Crippen LogP contribution in [0.3, 0.4) is 0 Å². The number of hydrogen-bond donors (Lipinski definition) is 1. The lowest BCUT2D eigenvalue weighted by Crippen LogP contribution is -2.33. The zero-order valence-corrected chi connectivity index (χ0v) is 11.9. The van der Waals surface area contributed by atoms with Crippen LogP contribution in [0.4, 0.5) is 0 Å². The molecule has 0 fully saturated rings. The fourth-order valence-corrected chi connectivity index (χ4v) is 2.06. The Morgan fingerprint density at radius 1 is 1.28 bits per heavy atom. The van der Waals surface area contributed by atoms with Crippen molar-refractivity contribution >= 4 is 5.97 Å². The van der Waals surface area contributed by atoms with Crippen molar-refractivity contribution in [2.45, 2.75) is 33.7 Å². The Hall–Kier alpha value is -1.35. The van der Waals surface area contributed by atoms with Gasteiger partial charge in [-0.25, -0.2) is 4.79 Å². The molecular weight excluding hydrogens is 226 g/mol. The van der Waals surface area contributed by atoms with E-state index in [9.17, 15) is 4.79 Å². The molecule has 0 radical (unpaired) electrons. The lowest BCUT2D eigenvalue weighted by Gasteiger charge is -2.21. The Balaban J connectivity index is 3.05. The number of carbonyl (C=O) groups is 1. The molecule has 0 aromatic heterocycles. The summed E-state index contributed by atoms with van der Waals surface area (Å²) in [5.41, 5.74) is 3.26. The quantitative estimate of drug-likeness (QED) is 0.815. The van der Waals surface area contributed by atoms with Crippen LogP contribution in [0.1, 0.15) is 36.6 Å². The summed E-state index contributed by atoms with van der Waals surface area (Å²) in [6, 6.07) is 5.67. The van der Waals surface area contributed by atoms with E-state index in [1.54, 1.807) is 0 Å². The predicted octanol–water partition coefficient (Wildman–Crippen LogP) is 2.76. The van der Waals surface area contributed by atoms with Gasteiger partial charge in [0.25, 0.3) is 0 Å². The molecule has 0 heterocycles. The SMILES string of the molecule is COC(=O)C(NCC(C)C)c1c(C)cccc1C. The third-order valence-electron chi connectivity index (χ3n) is 3.00. The minimum Gasteiger partial charge on any atom is -0.468 e. The molecule has 18 heavy (non-hydrogen) atoms. The first kappa shape index (κ1) is 14.7. The van der Waals surface area contributed by atoms with E-state index in [2.05, 4.69) is 19.2 Å². The van der Waals surface area contributed by atoms with E-state index in [-0.39, 0.29) is 12.0 Å². The first-order chi connectivity index (χ1) is 8.47. The van der Waals surface area contributed by atoms with Gasteiger partial charge in [-0.2, -0.15) is 0 Å². The van der Waals surface area contributed by atoms with E-state index < -0.39 is 0 Å². The second-order valence-corrected chi connectivity index (χ2v) is 5.06. The van der Waals surface area contributed by atoms with Gasteiger partial charge in [-0.15, -0.1) is 0 Å². The van der Waals surface area contributed by atoms with Crippen molar-refractivity contribution in [1.82, 2.24) is 5.32 Å². The van der Waals surface area contributed by atoms with Crippen molar-refractivity contribution in [3.63, 3.8) is 0 Å². The molecule has 0 spiro atoms. The number of rotatable bonds is 5. The lowest BCUT2D eigenvalue weighted by atomic mass is 9.95. The number of aryl methyl sites for hydroxylation is 2. The van der Waals surface area contributed by atoms with Crippen LogP contribution >= 0.6 is 0 Å². The molecule has 1 N–H and O–H groups in total. The second kappa shape index (κ2) is 6.55. The van der Waals surface area contributed by atoms with Gasteiger partial charge < -0.3 is 10.1 Å². The molecular formula is C15H23NO2. The fourth-order valence-electron chi connectivity index (χ4n) is 2.06. The van der Waals surface area contributed by atoms with Gasteiger partial charge in [0, 0.05) is 0 Å². The summed E-state index contributed by atoms with van der Waals surface area (Å²) in [5, 5.41) is 3.29. The van der Waals surface area contributed by atoms with Gasteiger partial charge >= 0.3 is 5.97 Å². The first-order valence-corrected chi connectivity index (χ1v) is 6.34. The van der Waals surface area contributed by atoms with E-state index in [1.807, 2.05) is 32.0 Å². The summed E-state index contributed by atoms with van der Waals surface area (Å²) < 4.78 is 4.91. The van der Waals surface area contributed by atoms with Crippen molar-refractivity contribution in [3.8, 4) is 0 Å². The molecule has 0 saturated heterocycles. The number of benzene rings is 1. The highest BCUT2D eigenvalue weighted by molar-refractivity contribution is 5.78. The Morgan fingerprint density at radius 2 is 1.83 bits per heavy atom. The first-order valence-electron chi connectivity index (χ1n) is 6.34. The fraction of sp³-hybridized carbons (Fsp3) is 0.533. The Bertz CT molecular complexity index is 393. The lowest BCUT2D eigenvalue weighted by molar-refractivity contribution is -0.143. The minimum atomic E-state index is -0.376. The van der Waals surface area contributed by atoms with Crippen LogP contribution in [0, 0.1) is 19.8 Å². The van der Waals surface area contributed by atoms with Gasteiger partial charge in [0.1, 0.15) is 6.04 Å². The average Bonchev–Trinajstić information content (AvgIpc) is 2.31. The van der Waals surface area contributed by atoms with Crippen molar-refractivity contribution in [1.29, 1.82) is 0 Å². The van der Waals surface area contributed by atoms with Gasteiger partial charge in [0.05, 0.1) is 7.11 Å². The summed E-state index contributed by atoms with van der Waals surface area (Å²) in [6.45, 7) is 9.07. The maximum atomic E-state index is 11.9. The molecule has 0 aliphatic carbocycles. The van der Waals surface area contributed by atoms with Crippen LogP contribution in [0.15, 0.2) is 18.2 Å². The third-order valence-corrected chi connectivity index (χ3v) is 3.00. The molecule has 1 aromatic carbocycles. The summed E-state index contributed by atoms with van der Waals surface area (Å²) >= 11 is 0. The van der Waals surface area contributed by atoms with E-state index in [0.717, 1.165) is 23.2 Å². The van der Waals surface area contributed by atoms with Crippen molar-refractivity contribution < 1.29 is 9.53 Å². The Kier molecular flexibility index (Phi) is 5.35. The van der Waals surface area contributed by atoms with E-state index in [4.69, 9.17) is 4.74 Å². The third kappa shape index (κ3) is 3.57. The number of ether oxygens (including phenoxy) is 1. The molecule has 0 aliphatic rings. The average molecular weight is 249 g/mol. The molecule has 3 heteroatoms. The van der Waals surface area contributed by atoms with Crippen molar-refractivity contribution in [3.05, 3.63) is 34.9 Å². The van der Waals surface area contributed by atoms with E-state index in [1.165, 1.54) is 7.11 Å². The van der Waals surface area contributed by atoms with Gasteiger partial charge in [-0.05, 0) is 43.0 Å². The summed E-state index contributed by atoms with van der Waals surface area (Å²) in [4.78, 5) is 11.9. The van der Waals surface area contributed by atoms with Gasteiger partial charge in [-0.3, -0.25) is 0 Å². The maximum Gasteiger partial charge on any atom is 0.327 e. The molecule has 0 saturated carbocycles. The number of methoxy groups -OCH3 is 1. The Morgan fingerprint density at radius 3 is 2.28 bits per heavy atom. The highest BCUT2D eigenvalue weighted by Crippen LogP contribution is 2.23. The molecule has 0 bridgehead atoms. The molecule has 3 nitrogen and oxygen atoms in total. The molecule has 0 aliphatic heterocycles. The topological polar surface area (TPSA) is 38.3 Å². The minimum absolute atomic E-state index is 0.229. The summed E-state index contributed by atoms with van der Waals surface area (Å²) in [6.07, 6.45) is 0. The van der Waals surface area contributed by atoms with E-state index >= 15 is 0 Å². The largest absolute Gasteiger partial charge is 0.468 e. The molecule has 100 valence electrons. The zero-order chi connectivity index (χ0) is 13.7. The monoisotopic (exact) mass is 249 g/mol. The number of hydrogen-bond acceptors (Lipinski definition) is 3. The van der Waals surface area contributed by atoms with Gasteiger partial charge in [-0.1, -0.05) is 32.0 Å². The van der Waals surface area contributed by atoms with Crippen LogP contribution in [0.2, 0.25) is 0 Å². The molecule has 1 atom stereocenters. The smallest absolute Gasteiger partial charge is 0.327 e. The molecule has 1 rings (SSSR count). The predicted molar refractivity (Wildman–Crippen MR) is 73.5 cm³/mol. The number of nitrogens with one attached hydrogen (secondary N) is 1. The van der Waals surface area contributed by atoms with Crippen LogP contribution in [0.25, 0.3) is 0 Å². The Labute approximate surface area is 110 Å². The molecule has 0 amide bonds. The second-order valence-electron chi connectivity index (χ2n) is 5.06. The van der Waals surface area contributed by atoms with E-state index in [0.29, 0.717) is 5.92 Å². The van der Waals surface area contributed by atoms with Crippen LogP contribution in [-0.4, -0.2) is 19.6 Å². The van der Waals surface area contributed by atoms with Crippen LogP contribution < -0.4 is 5.32 Å².